The molecule has 1 fully saturated rings. The maximum Gasteiger partial charge on any atom is 0.227 e. The third-order valence-electron chi connectivity index (χ3n) is 3.61. The zero-order valence-electron chi connectivity index (χ0n) is 12.4. The van der Waals surface area contributed by atoms with Crippen LogP contribution in [0.5, 0.6) is 5.75 Å². The molecule has 1 aliphatic heterocycles. The summed E-state index contributed by atoms with van der Waals surface area (Å²) in [7, 11) is 0. The highest BCUT2D eigenvalue weighted by Crippen LogP contribution is 2.13. The monoisotopic (exact) mass is 276 g/mol. The van der Waals surface area contributed by atoms with Crippen molar-refractivity contribution >= 4 is 5.91 Å². The minimum absolute atomic E-state index is 0.153. The van der Waals surface area contributed by atoms with Crippen molar-refractivity contribution in [2.45, 2.75) is 20.3 Å². The van der Waals surface area contributed by atoms with E-state index in [1.165, 1.54) is 0 Å². The van der Waals surface area contributed by atoms with Crippen LogP contribution in [0.1, 0.15) is 19.4 Å². The number of rotatable bonds is 4. The molecule has 2 rings (SSSR count). The van der Waals surface area contributed by atoms with Gasteiger partial charge in [0.05, 0.1) is 6.42 Å². The minimum atomic E-state index is 0.153. The molecule has 4 nitrogen and oxygen atoms in total. The van der Waals surface area contributed by atoms with E-state index in [9.17, 15) is 9.90 Å². The summed E-state index contributed by atoms with van der Waals surface area (Å²) in [6.07, 6.45) is 0.374. The van der Waals surface area contributed by atoms with Gasteiger partial charge in [-0.2, -0.15) is 0 Å². The molecular formula is C16H24N2O2. The molecule has 1 N–H and O–H groups in total. The van der Waals surface area contributed by atoms with E-state index in [4.69, 9.17) is 0 Å². The highest BCUT2D eigenvalue weighted by molar-refractivity contribution is 5.79. The molecule has 20 heavy (non-hydrogen) atoms. The maximum absolute atomic E-state index is 12.2. The van der Waals surface area contributed by atoms with Gasteiger partial charge in [0.15, 0.2) is 0 Å². The van der Waals surface area contributed by atoms with Crippen LogP contribution in [0.25, 0.3) is 0 Å². The molecule has 0 aliphatic carbocycles. The van der Waals surface area contributed by atoms with E-state index in [-0.39, 0.29) is 11.7 Å². The second-order valence-electron chi connectivity index (χ2n) is 5.92. The molecular weight excluding hydrogens is 252 g/mol. The number of phenolic OH excluding ortho intramolecular Hbond substituents is 1. The second-order valence-corrected chi connectivity index (χ2v) is 5.92. The van der Waals surface area contributed by atoms with Gasteiger partial charge in [0, 0.05) is 32.7 Å². The number of hydrogen-bond donors (Lipinski definition) is 1. The average molecular weight is 276 g/mol. The van der Waals surface area contributed by atoms with Gasteiger partial charge in [-0.3, -0.25) is 9.69 Å². The summed E-state index contributed by atoms with van der Waals surface area (Å²) < 4.78 is 0. The lowest BCUT2D eigenvalue weighted by Crippen LogP contribution is -2.49. The molecule has 4 heteroatoms. The standard InChI is InChI=1S/C16H24N2O2/c1-13(2)12-17-6-8-18(9-7-17)16(20)11-14-4-3-5-15(19)10-14/h3-5,10,13,19H,6-9,11-12H2,1-2H3. The molecule has 0 atom stereocenters. The van der Waals surface area contributed by atoms with Crippen LogP contribution >= 0.6 is 0 Å². The smallest absolute Gasteiger partial charge is 0.227 e. The summed E-state index contributed by atoms with van der Waals surface area (Å²) in [6.45, 7) is 9.09. The molecule has 1 heterocycles. The second kappa shape index (κ2) is 6.75. The molecule has 1 amide bonds. The maximum atomic E-state index is 12.2. The molecule has 0 saturated carbocycles. The summed E-state index contributed by atoms with van der Waals surface area (Å²) in [5.74, 6) is 1.04. The van der Waals surface area contributed by atoms with Gasteiger partial charge in [-0.15, -0.1) is 0 Å². The Labute approximate surface area is 121 Å². The van der Waals surface area contributed by atoms with Crippen molar-refractivity contribution in [2.75, 3.05) is 32.7 Å². The summed E-state index contributed by atoms with van der Waals surface area (Å²) in [5, 5.41) is 9.42. The van der Waals surface area contributed by atoms with E-state index in [0.29, 0.717) is 12.3 Å². The Balaban J connectivity index is 1.83. The number of amides is 1. The van der Waals surface area contributed by atoms with Crippen LogP contribution in [0.3, 0.4) is 0 Å². The first kappa shape index (κ1) is 14.9. The fourth-order valence-corrected chi connectivity index (χ4v) is 2.65. The van der Waals surface area contributed by atoms with Gasteiger partial charge in [0.2, 0.25) is 5.91 Å². The number of phenols is 1. The largest absolute Gasteiger partial charge is 0.508 e. The predicted octanol–water partition coefficient (Wildman–Crippen LogP) is 1.73. The lowest BCUT2D eigenvalue weighted by molar-refractivity contribution is -0.132. The number of aromatic hydroxyl groups is 1. The Hall–Kier alpha value is -1.55. The van der Waals surface area contributed by atoms with Crippen molar-refractivity contribution in [1.82, 2.24) is 9.80 Å². The van der Waals surface area contributed by atoms with Gasteiger partial charge in [0.1, 0.15) is 5.75 Å². The number of carbonyl (C=O) groups excluding carboxylic acids is 1. The lowest BCUT2D eigenvalue weighted by Gasteiger charge is -2.35. The normalized spacial score (nSPS) is 16.6. The van der Waals surface area contributed by atoms with Crippen LogP contribution in [-0.2, 0) is 11.2 Å². The average Bonchev–Trinajstić information content (AvgIpc) is 2.38. The van der Waals surface area contributed by atoms with Crippen LogP contribution in [0.4, 0.5) is 0 Å². The SMILES string of the molecule is CC(C)CN1CCN(C(=O)Cc2cccc(O)c2)CC1. The summed E-state index contributed by atoms with van der Waals surface area (Å²) in [6, 6.07) is 6.94. The molecule has 1 saturated heterocycles. The van der Waals surface area contributed by atoms with Crippen LogP contribution in [0, 0.1) is 5.92 Å². The van der Waals surface area contributed by atoms with Crippen LogP contribution in [0.2, 0.25) is 0 Å². The Kier molecular flexibility index (Phi) is 5.01. The van der Waals surface area contributed by atoms with Gasteiger partial charge < -0.3 is 10.0 Å². The Morgan fingerprint density at radius 2 is 1.95 bits per heavy atom. The molecule has 110 valence electrons. The van der Waals surface area contributed by atoms with E-state index >= 15 is 0 Å². The Bertz CT molecular complexity index is 452. The van der Waals surface area contributed by atoms with Gasteiger partial charge in [0.25, 0.3) is 0 Å². The van der Waals surface area contributed by atoms with E-state index in [1.807, 2.05) is 11.0 Å². The molecule has 1 aliphatic rings. The van der Waals surface area contributed by atoms with E-state index < -0.39 is 0 Å². The summed E-state index contributed by atoms with van der Waals surface area (Å²) >= 11 is 0. The zero-order valence-corrected chi connectivity index (χ0v) is 12.4. The third kappa shape index (κ3) is 4.23. The number of piperazine rings is 1. The number of carbonyl (C=O) groups is 1. The van der Waals surface area contributed by atoms with Crippen LogP contribution < -0.4 is 0 Å². The quantitative estimate of drug-likeness (QED) is 0.911. The Morgan fingerprint density at radius 1 is 1.25 bits per heavy atom. The first-order chi connectivity index (χ1) is 9.54. The highest BCUT2D eigenvalue weighted by atomic mass is 16.3. The minimum Gasteiger partial charge on any atom is -0.508 e. The van der Waals surface area contributed by atoms with Crippen molar-refractivity contribution < 1.29 is 9.90 Å². The van der Waals surface area contributed by atoms with Crippen LogP contribution in [-0.4, -0.2) is 53.5 Å². The van der Waals surface area contributed by atoms with E-state index in [0.717, 1.165) is 38.3 Å². The van der Waals surface area contributed by atoms with Gasteiger partial charge in [-0.25, -0.2) is 0 Å². The molecule has 0 radical (unpaired) electrons. The first-order valence-corrected chi connectivity index (χ1v) is 7.32. The molecule has 1 aromatic carbocycles. The third-order valence-corrected chi connectivity index (χ3v) is 3.61. The van der Waals surface area contributed by atoms with Gasteiger partial charge >= 0.3 is 0 Å². The number of hydrogen-bond acceptors (Lipinski definition) is 3. The fourth-order valence-electron chi connectivity index (χ4n) is 2.65. The molecule has 1 aromatic rings. The van der Waals surface area contributed by atoms with Crippen molar-refractivity contribution in [1.29, 1.82) is 0 Å². The lowest BCUT2D eigenvalue weighted by atomic mass is 10.1. The van der Waals surface area contributed by atoms with E-state index in [1.54, 1.807) is 18.2 Å². The molecule has 0 bridgehead atoms. The first-order valence-electron chi connectivity index (χ1n) is 7.32. The molecule has 0 spiro atoms. The van der Waals surface area contributed by atoms with Crippen molar-refractivity contribution in [3.63, 3.8) is 0 Å². The summed E-state index contributed by atoms with van der Waals surface area (Å²) in [5.41, 5.74) is 0.875. The predicted molar refractivity (Wildman–Crippen MR) is 79.7 cm³/mol. The molecule has 0 aromatic heterocycles. The zero-order chi connectivity index (χ0) is 14.5. The van der Waals surface area contributed by atoms with E-state index in [2.05, 4.69) is 18.7 Å². The van der Waals surface area contributed by atoms with Crippen molar-refractivity contribution in [3.8, 4) is 5.75 Å². The van der Waals surface area contributed by atoms with Crippen molar-refractivity contribution in [2.24, 2.45) is 5.92 Å². The van der Waals surface area contributed by atoms with Gasteiger partial charge in [-0.1, -0.05) is 26.0 Å². The van der Waals surface area contributed by atoms with Gasteiger partial charge in [-0.05, 0) is 23.6 Å². The topological polar surface area (TPSA) is 43.8 Å². The van der Waals surface area contributed by atoms with Crippen LogP contribution in [0.15, 0.2) is 24.3 Å². The van der Waals surface area contributed by atoms with Crippen molar-refractivity contribution in [3.05, 3.63) is 29.8 Å². The number of nitrogens with zero attached hydrogens (tertiary/aromatic N) is 2. The summed E-state index contributed by atoms with van der Waals surface area (Å²) in [4.78, 5) is 16.6. The Morgan fingerprint density at radius 3 is 2.55 bits per heavy atom. The molecule has 0 unspecified atom stereocenters. The number of benzene rings is 1. The fraction of sp³-hybridized carbons (Fsp3) is 0.562. The highest BCUT2D eigenvalue weighted by Gasteiger charge is 2.21.